The van der Waals surface area contributed by atoms with Crippen molar-refractivity contribution in [1.29, 1.82) is 0 Å². The molecule has 0 radical (unpaired) electrons. The first-order valence-electron chi connectivity index (χ1n) is 8.32. The summed E-state index contributed by atoms with van der Waals surface area (Å²) in [6.07, 6.45) is 4.35. The van der Waals surface area contributed by atoms with Crippen molar-refractivity contribution in [3.05, 3.63) is 36.3 Å². The molecule has 1 saturated heterocycles. The van der Waals surface area contributed by atoms with E-state index in [9.17, 15) is 0 Å². The minimum absolute atomic E-state index is 0.396. The van der Waals surface area contributed by atoms with Crippen LogP contribution in [0, 0.1) is 12.8 Å². The number of nitrogens with one attached hydrogen (secondary N) is 1. The van der Waals surface area contributed by atoms with Gasteiger partial charge in [-0.1, -0.05) is 6.92 Å². The third-order valence-corrected chi connectivity index (χ3v) is 4.04. The summed E-state index contributed by atoms with van der Waals surface area (Å²) in [6.45, 7) is 8.32. The fraction of sp³-hybridized carbons (Fsp3) is 0.500. The van der Waals surface area contributed by atoms with Crippen LogP contribution >= 0.6 is 0 Å². The molecule has 6 nitrogen and oxygen atoms in total. The van der Waals surface area contributed by atoms with Gasteiger partial charge in [0.15, 0.2) is 11.6 Å². The summed E-state index contributed by atoms with van der Waals surface area (Å²) >= 11 is 0. The maximum atomic E-state index is 5.68. The van der Waals surface area contributed by atoms with E-state index in [-0.39, 0.29) is 0 Å². The molecule has 0 unspecified atom stereocenters. The van der Waals surface area contributed by atoms with E-state index in [0.29, 0.717) is 25.0 Å². The second kappa shape index (κ2) is 7.23. The number of hydrogen-bond donors (Lipinski definition) is 1. The Balaban J connectivity index is 1.64. The fourth-order valence-electron chi connectivity index (χ4n) is 2.95. The number of anilines is 1. The molecule has 2 aromatic heterocycles. The molecule has 1 atom stereocenters. The molecule has 2 aromatic rings. The van der Waals surface area contributed by atoms with Gasteiger partial charge in [0.05, 0.1) is 13.2 Å². The molecule has 0 saturated carbocycles. The largest absolute Gasteiger partial charge is 0.370 e. The molecule has 0 bridgehead atoms. The van der Waals surface area contributed by atoms with Crippen molar-refractivity contribution in [2.45, 2.75) is 33.0 Å². The highest BCUT2D eigenvalue weighted by Crippen LogP contribution is 2.27. The number of pyridine rings is 1. The average molecular weight is 328 g/mol. The van der Waals surface area contributed by atoms with Gasteiger partial charge in [-0.25, -0.2) is 9.97 Å². The Bertz CT molecular complexity index is 672. The van der Waals surface area contributed by atoms with E-state index < -0.39 is 5.79 Å². The molecule has 3 heterocycles. The van der Waals surface area contributed by atoms with Crippen LogP contribution in [-0.2, 0) is 9.47 Å². The van der Waals surface area contributed by atoms with Gasteiger partial charge in [-0.2, -0.15) is 0 Å². The normalized spacial score (nSPS) is 17.6. The Morgan fingerprint density at radius 1 is 1.21 bits per heavy atom. The van der Waals surface area contributed by atoms with Crippen molar-refractivity contribution in [1.82, 2.24) is 15.0 Å². The number of rotatable bonds is 6. The molecule has 0 aliphatic carbocycles. The van der Waals surface area contributed by atoms with Crippen molar-refractivity contribution < 1.29 is 9.47 Å². The Kier molecular flexibility index (Phi) is 5.06. The third-order valence-electron chi connectivity index (χ3n) is 4.04. The summed E-state index contributed by atoms with van der Waals surface area (Å²) in [7, 11) is 0. The van der Waals surface area contributed by atoms with Crippen LogP contribution < -0.4 is 5.32 Å². The number of aromatic nitrogens is 3. The molecule has 1 fully saturated rings. The Hall–Kier alpha value is -2.05. The Morgan fingerprint density at radius 2 is 1.92 bits per heavy atom. The lowest BCUT2D eigenvalue weighted by Crippen LogP contribution is -2.30. The van der Waals surface area contributed by atoms with Crippen LogP contribution in [0.4, 0.5) is 5.82 Å². The minimum Gasteiger partial charge on any atom is -0.370 e. The zero-order chi connectivity index (χ0) is 17.0. The standard InChI is InChI=1S/C18H24N4O2/c1-13(11-18(3)23-8-9-24-18)12-20-16-10-14(2)21-17(22-16)15-4-6-19-7-5-15/h4-7,10,13H,8-9,11-12H2,1-3H3,(H,20,21,22)/t13-/m1/s1. The summed E-state index contributed by atoms with van der Waals surface area (Å²) in [5.41, 5.74) is 1.89. The van der Waals surface area contributed by atoms with Gasteiger partial charge in [0.25, 0.3) is 0 Å². The molecule has 1 aliphatic rings. The predicted molar refractivity (Wildman–Crippen MR) is 92.6 cm³/mol. The summed E-state index contributed by atoms with van der Waals surface area (Å²) in [4.78, 5) is 13.2. The van der Waals surface area contributed by atoms with E-state index in [1.807, 2.05) is 32.0 Å². The number of ether oxygens (including phenoxy) is 2. The topological polar surface area (TPSA) is 69.2 Å². The van der Waals surface area contributed by atoms with Crippen LogP contribution in [0.2, 0.25) is 0 Å². The Labute approximate surface area is 142 Å². The second-order valence-electron chi connectivity index (χ2n) is 6.47. The average Bonchev–Trinajstić information content (AvgIpc) is 2.99. The lowest BCUT2D eigenvalue weighted by Gasteiger charge is -2.26. The van der Waals surface area contributed by atoms with E-state index in [2.05, 4.69) is 27.2 Å². The monoisotopic (exact) mass is 328 g/mol. The zero-order valence-electron chi connectivity index (χ0n) is 14.5. The molecule has 6 heteroatoms. The highest BCUT2D eigenvalue weighted by Gasteiger charge is 2.32. The van der Waals surface area contributed by atoms with Gasteiger partial charge >= 0.3 is 0 Å². The van der Waals surface area contributed by atoms with Crippen molar-refractivity contribution in [3.8, 4) is 11.4 Å². The van der Waals surface area contributed by atoms with Gasteiger partial charge in [-0.15, -0.1) is 0 Å². The smallest absolute Gasteiger partial charge is 0.166 e. The zero-order valence-corrected chi connectivity index (χ0v) is 14.5. The van der Waals surface area contributed by atoms with Crippen molar-refractivity contribution in [3.63, 3.8) is 0 Å². The molecule has 128 valence electrons. The molecule has 0 amide bonds. The first-order chi connectivity index (χ1) is 11.5. The highest BCUT2D eigenvalue weighted by atomic mass is 16.7. The maximum Gasteiger partial charge on any atom is 0.166 e. The third kappa shape index (κ3) is 4.27. The molecule has 3 rings (SSSR count). The van der Waals surface area contributed by atoms with Crippen molar-refractivity contribution in [2.24, 2.45) is 5.92 Å². The van der Waals surface area contributed by atoms with Gasteiger partial charge in [0.2, 0.25) is 0 Å². The maximum absolute atomic E-state index is 5.68. The van der Waals surface area contributed by atoms with Crippen molar-refractivity contribution in [2.75, 3.05) is 25.1 Å². The first kappa shape index (κ1) is 16.8. The quantitative estimate of drug-likeness (QED) is 0.879. The van der Waals surface area contributed by atoms with Crippen LogP contribution in [0.5, 0.6) is 0 Å². The SMILES string of the molecule is Cc1cc(NC[C@H](C)CC2(C)OCCO2)nc(-c2ccncc2)n1. The van der Waals surface area contributed by atoms with Gasteiger partial charge in [-0.05, 0) is 31.9 Å². The lowest BCUT2D eigenvalue weighted by atomic mass is 10.0. The molecule has 24 heavy (non-hydrogen) atoms. The summed E-state index contributed by atoms with van der Waals surface area (Å²) < 4.78 is 11.4. The van der Waals surface area contributed by atoms with E-state index >= 15 is 0 Å². The van der Waals surface area contributed by atoms with E-state index in [0.717, 1.165) is 30.0 Å². The van der Waals surface area contributed by atoms with E-state index in [4.69, 9.17) is 9.47 Å². The van der Waals surface area contributed by atoms with Crippen LogP contribution in [0.15, 0.2) is 30.6 Å². The van der Waals surface area contributed by atoms with Gasteiger partial charge < -0.3 is 14.8 Å². The fourth-order valence-corrected chi connectivity index (χ4v) is 2.95. The highest BCUT2D eigenvalue weighted by molar-refractivity contribution is 5.56. The minimum atomic E-state index is -0.453. The molecule has 0 aromatic carbocycles. The van der Waals surface area contributed by atoms with Crippen LogP contribution in [-0.4, -0.2) is 40.5 Å². The Morgan fingerprint density at radius 3 is 2.62 bits per heavy atom. The molecular weight excluding hydrogens is 304 g/mol. The van der Waals surface area contributed by atoms with Crippen LogP contribution in [0.1, 0.15) is 26.0 Å². The van der Waals surface area contributed by atoms with Crippen molar-refractivity contribution >= 4 is 5.82 Å². The summed E-state index contributed by atoms with van der Waals surface area (Å²) in [6, 6.07) is 5.79. The number of aryl methyl sites for hydroxylation is 1. The van der Waals surface area contributed by atoms with E-state index in [1.54, 1.807) is 12.4 Å². The predicted octanol–water partition coefficient (Wildman–Crippen LogP) is 3.05. The number of nitrogens with zero attached hydrogens (tertiary/aromatic N) is 3. The summed E-state index contributed by atoms with van der Waals surface area (Å²) in [5.74, 6) is 1.49. The number of hydrogen-bond acceptors (Lipinski definition) is 6. The van der Waals surface area contributed by atoms with E-state index in [1.165, 1.54) is 0 Å². The van der Waals surface area contributed by atoms with Gasteiger partial charge in [0.1, 0.15) is 5.82 Å². The molecular formula is C18H24N4O2. The van der Waals surface area contributed by atoms with Crippen LogP contribution in [0.25, 0.3) is 11.4 Å². The second-order valence-corrected chi connectivity index (χ2v) is 6.47. The first-order valence-corrected chi connectivity index (χ1v) is 8.32. The van der Waals surface area contributed by atoms with Gasteiger partial charge in [0, 0.05) is 42.7 Å². The lowest BCUT2D eigenvalue weighted by molar-refractivity contribution is -0.153. The molecule has 1 aliphatic heterocycles. The molecule has 0 spiro atoms. The van der Waals surface area contributed by atoms with Crippen LogP contribution in [0.3, 0.4) is 0 Å². The summed E-state index contributed by atoms with van der Waals surface area (Å²) in [5, 5.41) is 3.41. The molecule has 1 N–H and O–H groups in total. The van der Waals surface area contributed by atoms with Gasteiger partial charge in [-0.3, -0.25) is 4.98 Å².